The standard InChI is InChI=1S/C10H11N5O4S/c11-14-13-5-8-6-15(10(16)19-8)7-2-1-3-9(4-7)20(12,17)18/h1-4,8H,5-6H2,(H2,12,17,18)/t8-/m0/s1. The molecular weight excluding hydrogens is 286 g/mol. The number of nitrogens with zero attached hydrogens (tertiary/aromatic N) is 4. The number of ether oxygens (including phenoxy) is 1. The zero-order valence-corrected chi connectivity index (χ0v) is 11.0. The summed E-state index contributed by atoms with van der Waals surface area (Å²) in [4.78, 5) is 15.4. The second kappa shape index (κ2) is 5.37. The van der Waals surface area contributed by atoms with E-state index in [1.54, 1.807) is 6.07 Å². The van der Waals surface area contributed by atoms with Crippen molar-refractivity contribution in [3.63, 3.8) is 0 Å². The number of primary sulfonamides is 1. The number of carbonyl (C=O) groups excluding carboxylic acids is 1. The minimum absolute atomic E-state index is 0.0214. The van der Waals surface area contributed by atoms with Crippen LogP contribution in [0.4, 0.5) is 10.5 Å². The molecule has 0 aliphatic carbocycles. The Morgan fingerprint density at radius 3 is 2.95 bits per heavy atom. The highest BCUT2D eigenvalue weighted by molar-refractivity contribution is 7.89. The number of benzene rings is 1. The Hall–Kier alpha value is -2.29. The number of rotatable bonds is 4. The van der Waals surface area contributed by atoms with E-state index in [1.807, 2.05) is 0 Å². The molecule has 2 rings (SSSR count). The van der Waals surface area contributed by atoms with Crippen LogP contribution in [0, 0.1) is 0 Å². The zero-order valence-electron chi connectivity index (χ0n) is 10.2. The van der Waals surface area contributed by atoms with Crippen LogP contribution in [0.1, 0.15) is 0 Å². The van der Waals surface area contributed by atoms with Crippen LogP contribution in [0.5, 0.6) is 0 Å². The molecule has 0 radical (unpaired) electrons. The molecule has 0 unspecified atom stereocenters. The second-order valence-corrected chi connectivity index (χ2v) is 5.63. The maximum absolute atomic E-state index is 11.7. The first-order valence-electron chi connectivity index (χ1n) is 5.53. The van der Waals surface area contributed by atoms with Crippen molar-refractivity contribution in [1.82, 2.24) is 0 Å². The van der Waals surface area contributed by atoms with Crippen LogP contribution < -0.4 is 10.0 Å². The maximum atomic E-state index is 11.7. The molecule has 0 saturated carbocycles. The van der Waals surface area contributed by atoms with Gasteiger partial charge in [-0.2, -0.15) is 0 Å². The lowest BCUT2D eigenvalue weighted by molar-refractivity contribution is 0.145. The Bertz CT molecular complexity index is 683. The second-order valence-electron chi connectivity index (χ2n) is 4.07. The molecule has 10 heteroatoms. The Morgan fingerprint density at radius 1 is 1.55 bits per heavy atom. The van der Waals surface area contributed by atoms with E-state index in [0.717, 1.165) is 0 Å². The van der Waals surface area contributed by atoms with E-state index in [9.17, 15) is 13.2 Å². The van der Waals surface area contributed by atoms with Crippen LogP contribution in [0.2, 0.25) is 0 Å². The average molecular weight is 297 g/mol. The number of sulfonamides is 1. The van der Waals surface area contributed by atoms with Gasteiger partial charge in [0.2, 0.25) is 10.0 Å². The fraction of sp³-hybridized carbons (Fsp3) is 0.300. The average Bonchev–Trinajstić information content (AvgIpc) is 2.77. The van der Waals surface area contributed by atoms with E-state index in [2.05, 4.69) is 10.0 Å². The molecule has 0 aromatic heterocycles. The third-order valence-electron chi connectivity index (χ3n) is 2.68. The Morgan fingerprint density at radius 2 is 2.30 bits per heavy atom. The number of nitrogens with two attached hydrogens (primary N) is 1. The number of hydrogen-bond acceptors (Lipinski definition) is 5. The number of cyclic esters (lactones) is 1. The SMILES string of the molecule is [N-]=[N+]=NC[C@H]1CN(c2cccc(S(N)(=O)=O)c2)C(=O)O1. The Kier molecular flexibility index (Phi) is 3.79. The summed E-state index contributed by atoms with van der Waals surface area (Å²) < 4.78 is 27.5. The summed E-state index contributed by atoms with van der Waals surface area (Å²) in [5.74, 6) is 0. The molecule has 2 N–H and O–H groups in total. The summed E-state index contributed by atoms with van der Waals surface area (Å²) in [6, 6.07) is 5.65. The van der Waals surface area contributed by atoms with Crippen LogP contribution in [0.15, 0.2) is 34.3 Å². The molecule has 1 amide bonds. The molecule has 9 nitrogen and oxygen atoms in total. The minimum Gasteiger partial charge on any atom is -0.444 e. The Labute approximate surface area is 114 Å². The van der Waals surface area contributed by atoms with Gasteiger partial charge in [-0.15, -0.1) is 0 Å². The third kappa shape index (κ3) is 2.99. The van der Waals surface area contributed by atoms with Crippen molar-refractivity contribution in [2.75, 3.05) is 18.0 Å². The number of anilines is 1. The summed E-state index contributed by atoms with van der Waals surface area (Å²) in [6.07, 6.45) is -1.19. The normalized spacial score (nSPS) is 18.6. The van der Waals surface area contributed by atoms with Crippen molar-refractivity contribution in [2.45, 2.75) is 11.0 Å². The Balaban J connectivity index is 2.24. The fourth-order valence-electron chi connectivity index (χ4n) is 1.78. The van der Waals surface area contributed by atoms with Crippen molar-refractivity contribution in [3.05, 3.63) is 34.7 Å². The molecule has 20 heavy (non-hydrogen) atoms. The van der Waals surface area contributed by atoms with Crippen molar-refractivity contribution >= 4 is 21.8 Å². The topological polar surface area (TPSA) is 138 Å². The summed E-state index contributed by atoms with van der Waals surface area (Å²) in [6.45, 7) is 0.194. The van der Waals surface area contributed by atoms with E-state index in [4.69, 9.17) is 15.4 Å². The van der Waals surface area contributed by atoms with Gasteiger partial charge in [0, 0.05) is 10.6 Å². The van der Waals surface area contributed by atoms with Gasteiger partial charge in [0.15, 0.2) is 0 Å². The van der Waals surface area contributed by atoms with Crippen molar-refractivity contribution in [2.24, 2.45) is 10.3 Å². The first kappa shape index (κ1) is 14.1. The van der Waals surface area contributed by atoms with Gasteiger partial charge in [-0.3, -0.25) is 4.90 Å². The van der Waals surface area contributed by atoms with E-state index >= 15 is 0 Å². The molecule has 1 aliphatic heterocycles. The smallest absolute Gasteiger partial charge is 0.414 e. The lowest BCUT2D eigenvalue weighted by atomic mass is 10.3. The summed E-state index contributed by atoms with van der Waals surface area (Å²) >= 11 is 0. The first-order valence-corrected chi connectivity index (χ1v) is 7.08. The van der Waals surface area contributed by atoms with Crippen LogP contribution in [0.3, 0.4) is 0 Å². The van der Waals surface area contributed by atoms with Crippen molar-refractivity contribution in [1.29, 1.82) is 0 Å². The molecule has 0 spiro atoms. The van der Waals surface area contributed by atoms with Gasteiger partial charge in [0.25, 0.3) is 0 Å². The van der Waals surface area contributed by atoms with E-state index < -0.39 is 22.2 Å². The van der Waals surface area contributed by atoms with Gasteiger partial charge in [-0.25, -0.2) is 18.4 Å². The van der Waals surface area contributed by atoms with E-state index in [-0.39, 0.29) is 18.0 Å². The third-order valence-corrected chi connectivity index (χ3v) is 3.59. The molecule has 106 valence electrons. The van der Waals surface area contributed by atoms with Gasteiger partial charge < -0.3 is 4.74 Å². The lowest BCUT2D eigenvalue weighted by Gasteiger charge is -2.13. The summed E-state index contributed by atoms with van der Waals surface area (Å²) in [7, 11) is -3.85. The highest BCUT2D eigenvalue weighted by Gasteiger charge is 2.32. The van der Waals surface area contributed by atoms with Crippen LogP contribution in [0.25, 0.3) is 10.4 Å². The molecule has 1 atom stereocenters. The number of amides is 1. The molecule has 1 aromatic carbocycles. The minimum atomic E-state index is -3.85. The van der Waals surface area contributed by atoms with E-state index in [1.165, 1.54) is 23.1 Å². The maximum Gasteiger partial charge on any atom is 0.414 e. The van der Waals surface area contributed by atoms with Crippen molar-refractivity contribution < 1.29 is 17.9 Å². The summed E-state index contributed by atoms with van der Waals surface area (Å²) in [5, 5.41) is 8.37. The van der Waals surface area contributed by atoms with Crippen LogP contribution in [-0.2, 0) is 14.8 Å². The van der Waals surface area contributed by atoms with Gasteiger partial charge >= 0.3 is 6.09 Å². The molecule has 0 bridgehead atoms. The highest BCUT2D eigenvalue weighted by Crippen LogP contribution is 2.24. The van der Waals surface area contributed by atoms with Crippen LogP contribution >= 0.6 is 0 Å². The predicted octanol–water partition coefficient (Wildman–Crippen LogP) is 0.970. The number of carbonyl (C=O) groups is 1. The quantitative estimate of drug-likeness (QED) is 0.502. The number of hydrogen-bond donors (Lipinski definition) is 1. The fourth-order valence-corrected chi connectivity index (χ4v) is 2.34. The van der Waals surface area contributed by atoms with E-state index in [0.29, 0.717) is 5.69 Å². The molecule has 1 saturated heterocycles. The van der Waals surface area contributed by atoms with Gasteiger partial charge in [-0.1, -0.05) is 11.2 Å². The zero-order chi connectivity index (χ0) is 14.8. The van der Waals surface area contributed by atoms with Gasteiger partial charge in [-0.05, 0) is 23.7 Å². The molecule has 1 heterocycles. The lowest BCUT2D eigenvalue weighted by Crippen LogP contribution is -2.25. The summed E-state index contributed by atoms with van der Waals surface area (Å²) in [5.41, 5.74) is 8.58. The van der Waals surface area contributed by atoms with Gasteiger partial charge in [0.1, 0.15) is 6.10 Å². The molecule has 1 aliphatic rings. The largest absolute Gasteiger partial charge is 0.444 e. The molecular formula is C10H11N5O4S. The van der Waals surface area contributed by atoms with Gasteiger partial charge in [0.05, 0.1) is 18.0 Å². The first-order chi connectivity index (χ1) is 9.41. The van der Waals surface area contributed by atoms with Crippen LogP contribution in [-0.4, -0.2) is 33.7 Å². The highest BCUT2D eigenvalue weighted by atomic mass is 32.2. The number of azide groups is 1. The van der Waals surface area contributed by atoms with Crippen molar-refractivity contribution in [3.8, 4) is 0 Å². The predicted molar refractivity (Wildman–Crippen MR) is 69.4 cm³/mol. The monoisotopic (exact) mass is 297 g/mol. The molecule has 1 fully saturated rings. The molecule has 1 aromatic rings.